The predicted molar refractivity (Wildman–Crippen MR) is 136 cm³/mol. The average molecular weight is 457 g/mol. The molecule has 0 amide bonds. The molecule has 0 radical (unpaired) electrons. The van der Waals surface area contributed by atoms with Crippen LogP contribution in [0.2, 0.25) is 0 Å². The molecule has 0 N–H and O–H groups in total. The maximum Gasteiger partial charge on any atom is 0.167 e. The van der Waals surface area contributed by atoms with Crippen molar-refractivity contribution in [3.05, 3.63) is 119 Å². The van der Waals surface area contributed by atoms with E-state index in [1.54, 1.807) is 42.5 Å². The van der Waals surface area contributed by atoms with Crippen LogP contribution in [0.15, 0.2) is 78.9 Å². The molecule has 0 heterocycles. The molecule has 3 heteroatoms. The van der Waals surface area contributed by atoms with Crippen molar-refractivity contribution in [3.63, 3.8) is 0 Å². The smallest absolute Gasteiger partial charge is 0.167 e. The predicted octanol–water partition coefficient (Wildman–Crippen LogP) is 9.12. The Hall–Kier alpha value is -3.59. The Kier molecular flexibility index (Phi) is 7.32. The highest BCUT2D eigenvalue weighted by Crippen LogP contribution is 2.32. The summed E-state index contributed by atoms with van der Waals surface area (Å²) in [5.74, 6) is -1.97. The standard InChI is InChI=1S/C31H27F3/c1-3-5-23-11-17-26(29(32)20-23)16-10-22-8-14-25(15-9-22)28-19-18-27(30(33)31(28)34)24-12-6-21(4-2)7-13-24/h6-20H,3-5H2,1-2H3. The monoisotopic (exact) mass is 456 g/mol. The van der Waals surface area contributed by atoms with E-state index in [9.17, 15) is 13.2 Å². The van der Waals surface area contributed by atoms with E-state index >= 15 is 0 Å². The van der Waals surface area contributed by atoms with Gasteiger partial charge in [-0.05, 0) is 46.7 Å². The fraction of sp³-hybridized carbons (Fsp3) is 0.161. The number of halogens is 3. The molecule has 0 saturated heterocycles. The topological polar surface area (TPSA) is 0 Å². The summed E-state index contributed by atoms with van der Waals surface area (Å²) in [5, 5.41) is 0. The van der Waals surface area contributed by atoms with Gasteiger partial charge < -0.3 is 0 Å². The highest BCUT2D eigenvalue weighted by Gasteiger charge is 2.16. The van der Waals surface area contributed by atoms with Crippen molar-refractivity contribution < 1.29 is 13.2 Å². The van der Waals surface area contributed by atoms with Crippen molar-refractivity contribution in [2.75, 3.05) is 0 Å². The SMILES string of the molecule is CCCc1ccc(C=Cc2ccc(-c3ccc(-c4ccc(CC)cc4)c(F)c3F)cc2)c(F)c1. The summed E-state index contributed by atoms with van der Waals surface area (Å²) >= 11 is 0. The molecule has 0 bridgehead atoms. The van der Waals surface area contributed by atoms with Crippen molar-refractivity contribution in [2.24, 2.45) is 0 Å². The quantitative estimate of drug-likeness (QED) is 0.243. The van der Waals surface area contributed by atoms with Gasteiger partial charge in [-0.3, -0.25) is 0 Å². The molecular formula is C31H27F3. The van der Waals surface area contributed by atoms with Gasteiger partial charge in [-0.15, -0.1) is 0 Å². The molecule has 0 nitrogen and oxygen atoms in total. The summed E-state index contributed by atoms with van der Waals surface area (Å²) < 4.78 is 44.2. The second kappa shape index (κ2) is 10.6. The lowest BCUT2D eigenvalue weighted by Gasteiger charge is -2.10. The lowest BCUT2D eigenvalue weighted by atomic mass is 9.97. The molecule has 4 rings (SSSR count). The first-order chi connectivity index (χ1) is 16.5. The molecule has 0 aliphatic rings. The van der Waals surface area contributed by atoms with Crippen LogP contribution < -0.4 is 0 Å². The Morgan fingerprint density at radius 3 is 1.71 bits per heavy atom. The van der Waals surface area contributed by atoms with Crippen LogP contribution in [-0.2, 0) is 12.8 Å². The number of aryl methyl sites for hydroxylation is 2. The summed E-state index contributed by atoms with van der Waals surface area (Å²) in [6, 6.07) is 23.1. The molecule has 4 aromatic rings. The molecule has 0 unspecified atom stereocenters. The molecule has 0 aliphatic heterocycles. The van der Waals surface area contributed by atoms with Gasteiger partial charge in [-0.2, -0.15) is 0 Å². The van der Waals surface area contributed by atoms with Gasteiger partial charge in [0, 0.05) is 16.7 Å². The molecule has 0 atom stereocenters. The summed E-state index contributed by atoms with van der Waals surface area (Å²) in [6.07, 6.45) is 6.24. The van der Waals surface area contributed by atoms with Gasteiger partial charge in [-0.1, -0.05) is 105 Å². The third-order valence-corrected chi connectivity index (χ3v) is 6.04. The zero-order valence-electron chi connectivity index (χ0n) is 19.4. The van der Waals surface area contributed by atoms with Crippen molar-refractivity contribution >= 4 is 12.2 Å². The van der Waals surface area contributed by atoms with E-state index in [-0.39, 0.29) is 16.9 Å². The fourth-order valence-corrected chi connectivity index (χ4v) is 4.03. The molecular weight excluding hydrogens is 429 g/mol. The van der Waals surface area contributed by atoms with Gasteiger partial charge in [-0.25, -0.2) is 13.2 Å². The van der Waals surface area contributed by atoms with Crippen LogP contribution in [0.1, 0.15) is 42.5 Å². The van der Waals surface area contributed by atoms with E-state index in [0.29, 0.717) is 16.7 Å². The minimum absolute atomic E-state index is 0.208. The Balaban J connectivity index is 1.54. The highest BCUT2D eigenvalue weighted by atomic mass is 19.2. The van der Waals surface area contributed by atoms with Crippen LogP contribution in [0.5, 0.6) is 0 Å². The fourth-order valence-electron chi connectivity index (χ4n) is 4.03. The first kappa shape index (κ1) is 23.6. The first-order valence-corrected chi connectivity index (χ1v) is 11.6. The molecule has 0 spiro atoms. The molecule has 0 fully saturated rings. The van der Waals surface area contributed by atoms with E-state index in [0.717, 1.165) is 36.0 Å². The molecule has 34 heavy (non-hydrogen) atoms. The van der Waals surface area contributed by atoms with Crippen LogP contribution >= 0.6 is 0 Å². The van der Waals surface area contributed by atoms with Crippen molar-refractivity contribution in [2.45, 2.75) is 33.1 Å². The maximum absolute atomic E-state index is 15.0. The minimum Gasteiger partial charge on any atom is -0.206 e. The van der Waals surface area contributed by atoms with Crippen molar-refractivity contribution in [1.82, 2.24) is 0 Å². The van der Waals surface area contributed by atoms with E-state index in [1.807, 2.05) is 55.5 Å². The zero-order chi connectivity index (χ0) is 24.1. The Labute approximate surface area is 199 Å². The van der Waals surface area contributed by atoms with E-state index < -0.39 is 11.6 Å². The lowest BCUT2D eigenvalue weighted by Crippen LogP contribution is -1.94. The number of hydrogen-bond acceptors (Lipinski definition) is 0. The molecule has 172 valence electrons. The van der Waals surface area contributed by atoms with Crippen LogP contribution in [0.4, 0.5) is 13.2 Å². The summed E-state index contributed by atoms with van der Waals surface area (Å²) in [5.41, 5.74) is 5.17. The molecule has 4 aromatic carbocycles. The maximum atomic E-state index is 15.0. The Bertz CT molecular complexity index is 1300. The molecule has 0 aromatic heterocycles. The number of rotatable bonds is 7. The van der Waals surface area contributed by atoms with E-state index in [1.165, 1.54) is 0 Å². The number of benzene rings is 4. The van der Waals surface area contributed by atoms with E-state index in [4.69, 9.17) is 0 Å². The number of hydrogen-bond donors (Lipinski definition) is 0. The van der Waals surface area contributed by atoms with Gasteiger partial charge >= 0.3 is 0 Å². The van der Waals surface area contributed by atoms with Crippen LogP contribution in [0, 0.1) is 17.5 Å². The van der Waals surface area contributed by atoms with Gasteiger partial charge in [0.05, 0.1) is 0 Å². The minimum atomic E-state index is -0.866. The van der Waals surface area contributed by atoms with Gasteiger partial charge in [0.1, 0.15) is 5.82 Å². The largest absolute Gasteiger partial charge is 0.206 e. The van der Waals surface area contributed by atoms with Gasteiger partial charge in [0.2, 0.25) is 0 Å². The lowest BCUT2D eigenvalue weighted by molar-refractivity contribution is 0.514. The van der Waals surface area contributed by atoms with Crippen molar-refractivity contribution in [1.29, 1.82) is 0 Å². The Morgan fingerprint density at radius 1 is 0.618 bits per heavy atom. The van der Waals surface area contributed by atoms with Gasteiger partial charge in [0.15, 0.2) is 11.6 Å². The summed E-state index contributed by atoms with van der Waals surface area (Å²) in [4.78, 5) is 0. The normalized spacial score (nSPS) is 11.3. The van der Waals surface area contributed by atoms with Crippen LogP contribution in [0.25, 0.3) is 34.4 Å². The average Bonchev–Trinajstić information content (AvgIpc) is 2.86. The van der Waals surface area contributed by atoms with E-state index in [2.05, 4.69) is 6.92 Å². The first-order valence-electron chi connectivity index (χ1n) is 11.6. The zero-order valence-corrected chi connectivity index (χ0v) is 19.4. The third-order valence-electron chi connectivity index (χ3n) is 6.04. The second-order valence-electron chi connectivity index (χ2n) is 8.40. The summed E-state index contributed by atoms with van der Waals surface area (Å²) in [6.45, 7) is 4.11. The Morgan fingerprint density at radius 2 is 1.18 bits per heavy atom. The summed E-state index contributed by atoms with van der Waals surface area (Å²) in [7, 11) is 0. The van der Waals surface area contributed by atoms with Crippen molar-refractivity contribution in [3.8, 4) is 22.3 Å². The third kappa shape index (κ3) is 5.14. The molecule has 0 aliphatic carbocycles. The van der Waals surface area contributed by atoms with Crippen LogP contribution in [-0.4, -0.2) is 0 Å². The highest BCUT2D eigenvalue weighted by molar-refractivity contribution is 5.74. The van der Waals surface area contributed by atoms with Crippen LogP contribution in [0.3, 0.4) is 0 Å². The molecule has 0 saturated carbocycles. The van der Waals surface area contributed by atoms with Gasteiger partial charge in [0.25, 0.3) is 0 Å². The second-order valence-corrected chi connectivity index (χ2v) is 8.40.